The number of halogens is 1. The fourth-order valence-corrected chi connectivity index (χ4v) is 1.47. The van der Waals surface area contributed by atoms with E-state index >= 15 is 0 Å². The molecule has 1 N–H and O–H groups in total. The molecule has 0 atom stereocenters. The van der Waals surface area contributed by atoms with Crippen LogP contribution >= 0.6 is 11.6 Å². The third kappa shape index (κ3) is 2.14. The molecule has 76 valence electrons. The molecule has 0 saturated carbocycles. The van der Waals surface area contributed by atoms with Crippen molar-refractivity contribution < 1.29 is 5.11 Å². The lowest BCUT2D eigenvalue weighted by molar-refractivity contribution is 0.281. The number of hydrogen-bond donors (Lipinski definition) is 1. The van der Waals surface area contributed by atoms with Crippen LogP contribution in [0, 0.1) is 0 Å². The predicted octanol–water partition coefficient (Wildman–Crippen LogP) is 2.29. The molecule has 2 heterocycles. The zero-order valence-electron chi connectivity index (χ0n) is 7.89. The van der Waals surface area contributed by atoms with Crippen LogP contribution in [-0.4, -0.2) is 15.1 Å². The first-order chi connectivity index (χ1) is 7.31. The number of aliphatic hydroxyl groups excluding tert-OH is 1. The maximum Gasteiger partial charge on any atom is 0.134 e. The Balaban J connectivity index is 2.46. The Labute approximate surface area is 92.4 Å². The van der Waals surface area contributed by atoms with Crippen molar-refractivity contribution in [3.05, 3.63) is 47.5 Å². The minimum Gasteiger partial charge on any atom is -0.392 e. The first kappa shape index (κ1) is 10.1. The molecule has 0 amide bonds. The van der Waals surface area contributed by atoms with Crippen LogP contribution in [0.5, 0.6) is 0 Å². The van der Waals surface area contributed by atoms with Crippen LogP contribution in [0.4, 0.5) is 0 Å². The standard InChI is InChI=1S/C11H9ClN2O/c12-11-10(7-15)5-9(6-14-11)8-1-3-13-4-2-8/h1-6,15H,7H2. The van der Waals surface area contributed by atoms with Crippen LogP contribution in [0.1, 0.15) is 5.56 Å². The molecular formula is C11H9ClN2O. The lowest BCUT2D eigenvalue weighted by Gasteiger charge is -2.04. The van der Waals surface area contributed by atoms with Crippen molar-refractivity contribution >= 4 is 11.6 Å². The molecule has 0 saturated heterocycles. The van der Waals surface area contributed by atoms with Crippen LogP contribution < -0.4 is 0 Å². The predicted molar refractivity (Wildman–Crippen MR) is 58.4 cm³/mol. The van der Waals surface area contributed by atoms with E-state index in [1.165, 1.54) is 0 Å². The first-order valence-corrected chi connectivity index (χ1v) is 4.84. The monoisotopic (exact) mass is 220 g/mol. The average Bonchev–Trinajstić information content (AvgIpc) is 2.31. The third-order valence-corrected chi connectivity index (χ3v) is 2.44. The molecule has 2 aromatic rings. The van der Waals surface area contributed by atoms with Gasteiger partial charge in [0.05, 0.1) is 6.61 Å². The summed E-state index contributed by atoms with van der Waals surface area (Å²) >= 11 is 5.80. The van der Waals surface area contributed by atoms with E-state index in [1.807, 2.05) is 18.2 Å². The maximum absolute atomic E-state index is 9.05. The fourth-order valence-electron chi connectivity index (χ4n) is 1.31. The molecule has 0 radical (unpaired) electrons. The summed E-state index contributed by atoms with van der Waals surface area (Å²) in [6, 6.07) is 5.59. The van der Waals surface area contributed by atoms with E-state index in [2.05, 4.69) is 9.97 Å². The second kappa shape index (κ2) is 4.38. The van der Waals surface area contributed by atoms with E-state index in [4.69, 9.17) is 16.7 Å². The van der Waals surface area contributed by atoms with E-state index < -0.39 is 0 Å². The number of nitrogens with zero attached hydrogens (tertiary/aromatic N) is 2. The van der Waals surface area contributed by atoms with Crippen molar-refractivity contribution in [3.63, 3.8) is 0 Å². The number of hydrogen-bond acceptors (Lipinski definition) is 3. The summed E-state index contributed by atoms with van der Waals surface area (Å²) in [5.41, 5.74) is 2.56. The molecule has 3 nitrogen and oxygen atoms in total. The highest BCUT2D eigenvalue weighted by Crippen LogP contribution is 2.22. The molecule has 4 heteroatoms. The lowest BCUT2D eigenvalue weighted by atomic mass is 10.1. The Bertz CT molecular complexity index is 459. The average molecular weight is 221 g/mol. The third-order valence-electron chi connectivity index (χ3n) is 2.10. The van der Waals surface area contributed by atoms with Crippen LogP contribution in [0.3, 0.4) is 0 Å². The molecule has 0 unspecified atom stereocenters. The van der Waals surface area contributed by atoms with Gasteiger partial charge in [-0.3, -0.25) is 4.98 Å². The van der Waals surface area contributed by atoms with E-state index in [0.717, 1.165) is 11.1 Å². The Morgan fingerprint density at radius 2 is 1.93 bits per heavy atom. The zero-order valence-corrected chi connectivity index (χ0v) is 8.65. The molecule has 0 aliphatic rings. The molecule has 2 rings (SSSR count). The quantitative estimate of drug-likeness (QED) is 0.790. The summed E-state index contributed by atoms with van der Waals surface area (Å²) in [5.74, 6) is 0. The molecule has 15 heavy (non-hydrogen) atoms. The Morgan fingerprint density at radius 1 is 1.20 bits per heavy atom. The number of aliphatic hydroxyl groups is 1. The SMILES string of the molecule is OCc1cc(-c2ccncc2)cnc1Cl. The fraction of sp³-hybridized carbons (Fsp3) is 0.0909. The highest BCUT2D eigenvalue weighted by atomic mass is 35.5. The van der Waals surface area contributed by atoms with Crippen LogP contribution in [0.15, 0.2) is 36.8 Å². The molecule has 0 aromatic carbocycles. The van der Waals surface area contributed by atoms with Gasteiger partial charge in [0.25, 0.3) is 0 Å². The maximum atomic E-state index is 9.05. The number of aromatic nitrogens is 2. The summed E-state index contributed by atoms with van der Waals surface area (Å²) in [4.78, 5) is 7.95. The number of rotatable bonds is 2. The highest BCUT2D eigenvalue weighted by Gasteiger charge is 2.03. The van der Waals surface area contributed by atoms with Crippen LogP contribution in [0.2, 0.25) is 5.15 Å². The van der Waals surface area contributed by atoms with Crippen LogP contribution in [-0.2, 0) is 6.61 Å². The van der Waals surface area contributed by atoms with Crippen molar-refractivity contribution in [3.8, 4) is 11.1 Å². The molecule has 0 spiro atoms. The van der Waals surface area contributed by atoms with Crippen molar-refractivity contribution in [1.82, 2.24) is 9.97 Å². The van der Waals surface area contributed by atoms with Gasteiger partial charge in [-0.05, 0) is 23.8 Å². The van der Waals surface area contributed by atoms with Crippen molar-refractivity contribution in [2.24, 2.45) is 0 Å². The van der Waals surface area contributed by atoms with Gasteiger partial charge >= 0.3 is 0 Å². The molecule has 0 aliphatic carbocycles. The molecule has 2 aromatic heterocycles. The summed E-state index contributed by atoms with van der Waals surface area (Å²) < 4.78 is 0. The normalized spacial score (nSPS) is 10.3. The minimum atomic E-state index is -0.106. The van der Waals surface area contributed by atoms with Gasteiger partial charge in [-0.15, -0.1) is 0 Å². The van der Waals surface area contributed by atoms with Gasteiger partial charge in [-0.1, -0.05) is 11.6 Å². The van der Waals surface area contributed by atoms with E-state index in [-0.39, 0.29) is 6.61 Å². The largest absolute Gasteiger partial charge is 0.392 e. The Morgan fingerprint density at radius 3 is 2.60 bits per heavy atom. The summed E-state index contributed by atoms with van der Waals surface area (Å²) in [5, 5.41) is 9.40. The lowest BCUT2D eigenvalue weighted by Crippen LogP contribution is -1.90. The van der Waals surface area contributed by atoms with Crippen LogP contribution in [0.25, 0.3) is 11.1 Å². The zero-order chi connectivity index (χ0) is 10.7. The summed E-state index contributed by atoms with van der Waals surface area (Å²) in [6.45, 7) is -0.106. The highest BCUT2D eigenvalue weighted by molar-refractivity contribution is 6.30. The van der Waals surface area contributed by atoms with Crippen molar-refractivity contribution in [2.75, 3.05) is 0 Å². The minimum absolute atomic E-state index is 0.106. The van der Waals surface area contributed by atoms with Gasteiger partial charge in [0, 0.05) is 29.7 Å². The van der Waals surface area contributed by atoms with E-state index in [0.29, 0.717) is 10.7 Å². The Kier molecular flexibility index (Phi) is 2.94. The number of pyridine rings is 2. The second-order valence-electron chi connectivity index (χ2n) is 3.07. The molecule has 0 bridgehead atoms. The first-order valence-electron chi connectivity index (χ1n) is 4.47. The second-order valence-corrected chi connectivity index (χ2v) is 3.43. The van der Waals surface area contributed by atoms with Crippen molar-refractivity contribution in [1.29, 1.82) is 0 Å². The Hall–Kier alpha value is -1.45. The van der Waals surface area contributed by atoms with Gasteiger partial charge in [-0.25, -0.2) is 4.98 Å². The van der Waals surface area contributed by atoms with E-state index in [9.17, 15) is 0 Å². The van der Waals surface area contributed by atoms with Gasteiger partial charge in [-0.2, -0.15) is 0 Å². The van der Waals surface area contributed by atoms with Gasteiger partial charge in [0.2, 0.25) is 0 Å². The van der Waals surface area contributed by atoms with Gasteiger partial charge in [0.15, 0.2) is 0 Å². The topological polar surface area (TPSA) is 46.0 Å². The molecule has 0 fully saturated rings. The molecular weight excluding hydrogens is 212 g/mol. The van der Waals surface area contributed by atoms with E-state index in [1.54, 1.807) is 18.6 Å². The van der Waals surface area contributed by atoms with Gasteiger partial charge < -0.3 is 5.11 Å². The van der Waals surface area contributed by atoms with Crippen molar-refractivity contribution in [2.45, 2.75) is 6.61 Å². The summed E-state index contributed by atoms with van der Waals surface area (Å²) in [6.07, 6.45) is 5.10. The van der Waals surface area contributed by atoms with Gasteiger partial charge in [0.1, 0.15) is 5.15 Å². The molecule has 0 aliphatic heterocycles. The summed E-state index contributed by atoms with van der Waals surface area (Å²) in [7, 11) is 0. The smallest absolute Gasteiger partial charge is 0.134 e.